The highest BCUT2D eigenvalue weighted by Crippen LogP contribution is 2.28. The highest BCUT2D eigenvalue weighted by Gasteiger charge is 2.27. The number of carbonyl (C=O) groups is 1. The first-order valence-electron chi connectivity index (χ1n) is 9.83. The molecule has 0 radical (unpaired) electrons. The van der Waals surface area contributed by atoms with Crippen molar-refractivity contribution in [3.8, 4) is 11.3 Å². The summed E-state index contributed by atoms with van der Waals surface area (Å²) in [5, 5.41) is 4.72. The summed E-state index contributed by atoms with van der Waals surface area (Å²) in [6.45, 7) is 4.44. The first-order chi connectivity index (χ1) is 14.7. The number of aromatic nitrogens is 4. The zero-order valence-electron chi connectivity index (χ0n) is 16.5. The minimum Gasteiger partial charge on any atom is -0.352 e. The molecule has 8 nitrogen and oxygen atoms in total. The summed E-state index contributed by atoms with van der Waals surface area (Å²) in [4.78, 5) is 30.5. The monoisotopic (exact) mass is 400 g/mol. The summed E-state index contributed by atoms with van der Waals surface area (Å²) >= 11 is 0. The number of pyridine rings is 1. The molecule has 3 aromatic heterocycles. The fourth-order valence-electron chi connectivity index (χ4n) is 3.78. The number of nitrogens with zero attached hydrogens (tertiary/aromatic N) is 6. The average molecular weight is 400 g/mol. The van der Waals surface area contributed by atoms with Crippen LogP contribution in [0.3, 0.4) is 0 Å². The second-order valence-electron chi connectivity index (χ2n) is 7.21. The van der Waals surface area contributed by atoms with E-state index in [-0.39, 0.29) is 5.91 Å². The molecule has 150 valence electrons. The van der Waals surface area contributed by atoms with Gasteiger partial charge in [0.2, 0.25) is 0 Å². The minimum atomic E-state index is -0.0373. The van der Waals surface area contributed by atoms with Crippen LogP contribution in [0.15, 0.2) is 59.5 Å². The summed E-state index contributed by atoms with van der Waals surface area (Å²) in [5.74, 6) is 0.793. The lowest BCUT2D eigenvalue weighted by Crippen LogP contribution is -2.49. The van der Waals surface area contributed by atoms with Crippen molar-refractivity contribution in [2.75, 3.05) is 31.1 Å². The van der Waals surface area contributed by atoms with Gasteiger partial charge >= 0.3 is 0 Å². The molecule has 0 saturated carbocycles. The molecule has 0 unspecified atom stereocenters. The van der Waals surface area contributed by atoms with Crippen molar-refractivity contribution < 1.29 is 9.32 Å². The summed E-state index contributed by atoms with van der Waals surface area (Å²) in [6, 6.07) is 11.6. The number of rotatable bonds is 3. The van der Waals surface area contributed by atoms with Crippen LogP contribution in [-0.4, -0.2) is 57.1 Å². The Labute approximate surface area is 173 Å². The number of piperazine rings is 1. The van der Waals surface area contributed by atoms with E-state index in [0.717, 1.165) is 11.4 Å². The van der Waals surface area contributed by atoms with Gasteiger partial charge in [-0.05, 0) is 13.0 Å². The lowest BCUT2D eigenvalue weighted by atomic mass is 10.0. The van der Waals surface area contributed by atoms with Gasteiger partial charge < -0.3 is 14.3 Å². The standard InChI is InChI=1S/C22H20N6O2/c1-15-20-17(13-18(25-21(20)30-26-15)16-5-3-2-4-6-16)22(29)28-11-9-27(10-12-28)19-14-23-7-8-24-19/h2-8,13-14H,9-12H2,1H3. The third kappa shape index (κ3) is 3.26. The molecule has 1 aliphatic rings. The maximum atomic E-state index is 13.5. The van der Waals surface area contributed by atoms with Gasteiger partial charge in [-0.15, -0.1) is 0 Å². The molecule has 1 aromatic carbocycles. The van der Waals surface area contributed by atoms with Crippen LogP contribution in [0.2, 0.25) is 0 Å². The third-order valence-corrected chi connectivity index (χ3v) is 5.36. The summed E-state index contributed by atoms with van der Waals surface area (Å²) in [6.07, 6.45) is 5.08. The molecule has 1 aliphatic heterocycles. The molecule has 0 bridgehead atoms. The van der Waals surface area contributed by atoms with E-state index < -0.39 is 0 Å². The van der Waals surface area contributed by atoms with Gasteiger partial charge in [-0.1, -0.05) is 35.5 Å². The SMILES string of the molecule is Cc1noc2nc(-c3ccccc3)cc(C(=O)N3CCN(c4cnccn4)CC3)c12. The zero-order chi connectivity index (χ0) is 20.5. The number of fused-ring (bicyclic) bond motifs is 1. The molecule has 5 rings (SSSR count). The molecular formula is C22H20N6O2. The van der Waals surface area contributed by atoms with Crippen LogP contribution >= 0.6 is 0 Å². The third-order valence-electron chi connectivity index (χ3n) is 5.36. The molecule has 0 atom stereocenters. The second kappa shape index (κ2) is 7.55. The second-order valence-corrected chi connectivity index (χ2v) is 7.21. The largest absolute Gasteiger partial charge is 0.352 e. The molecule has 0 aliphatic carbocycles. The maximum absolute atomic E-state index is 13.5. The Morgan fingerprint density at radius 3 is 2.60 bits per heavy atom. The Hall–Kier alpha value is -3.81. The van der Waals surface area contributed by atoms with E-state index in [2.05, 4.69) is 25.0 Å². The van der Waals surface area contributed by atoms with Crippen LogP contribution < -0.4 is 4.90 Å². The molecular weight excluding hydrogens is 380 g/mol. The van der Waals surface area contributed by atoms with E-state index in [4.69, 9.17) is 4.52 Å². The minimum absolute atomic E-state index is 0.0373. The highest BCUT2D eigenvalue weighted by atomic mass is 16.5. The number of aryl methyl sites for hydroxylation is 1. The van der Waals surface area contributed by atoms with Crippen molar-refractivity contribution in [1.82, 2.24) is 25.0 Å². The van der Waals surface area contributed by atoms with E-state index in [9.17, 15) is 4.79 Å². The maximum Gasteiger partial charge on any atom is 0.259 e. The van der Waals surface area contributed by atoms with Crippen molar-refractivity contribution in [3.63, 3.8) is 0 Å². The predicted octanol–water partition coefficient (Wildman–Crippen LogP) is 2.95. The fraction of sp³-hybridized carbons (Fsp3) is 0.227. The van der Waals surface area contributed by atoms with E-state index in [1.807, 2.05) is 48.2 Å². The molecule has 1 fully saturated rings. The van der Waals surface area contributed by atoms with Crippen LogP contribution in [0.4, 0.5) is 5.82 Å². The Morgan fingerprint density at radius 1 is 1.07 bits per heavy atom. The number of amides is 1. The van der Waals surface area contributed by atoms with Gasteiger partial charge in [0.1, 0.15) is 5.82 Å². The van der Waals surface area contributed by atoms with Crippen molar-refractivity contribution in [2.24, 2.45) is 0 Å². The molecule has 1 saturated heterocycles. The van der Waals surface area contributed by atoms with Gasteiger partial charge in [0.15, 0.2) is 0 Å². The lowest BCUT2D eigenvalue weighted by molar-refractivity contribution is 0.0748. The van der Waals surface area contributed by atoms with Crippen LogP contribution in [-0.2, 0) is 0 Å². The summed E-state index contributed by atoms with van der Waals surface area (Å²) in [5.41, 5.74) is 3.25. The van der Waals surface area contributed by atoms with E-state index in [1.54, 1.807) is 18.6 Å². The lowest BCUT2D eigenvalue weighted by Gasteiger charge is -2.35. The Balaban J connectivity index is 1.45. The van der Waals surface area contributed by atoms with E-state index in [0.29, 0.717) is 54.2 Å². The number of carbonyl (C=O) groups excluding carboxylic acids is 1. The van der Waals surface area contributed by atoms with Crippen LogP contribution in [0.25, 0.3) is 22.4 Å². The number of hydrogen-bond acceptors (Lipinski definition) is 7. The molecule has 30 heavy (non-hydrogen) atoms. The zero-order valence-corrected chi connectivity index (χ0v) is 16.5. The van der Waals surface area contributed by atoms with Gasteiger partial charge in [0, 0.05) is 44.1 Å². The molecule has 0 N–H and O–H groups in total. The molecule has 4 heterocycles. The molecule has 8 heteroatoms. The topological polar surface area (TPSA) is 88.3 Å². The van der Waals surface area contributed by atoms with Gasteiger partial charge in [-0.3, -0.25) is 9.78 Å². The van der Waals surface area contributed by atoms with Gasteiger partial charge in [0.25, 0.3) is 11.6 Å². The fourth-order valence-corrected chi connectivity index (χ4v) is 3.78. The molecule has 4 aromatic rings. The number of hydrogen-bond donors (Lipinski definition) is 0. The predicted molar refractivity (Wildman–Crippen MR) is 112 cm³/mol. The van der Waals surface area contributed by atoms with Crippen LogP contribution in [0.1, 0.15) is 16.1 Å². The molecule has 1 amide bonds. The van der Waals surface area contributed by atoms with Crippen molar-refractivity contribution in [2.45, 2.75) is 6.92 Å². The number of benzene rings is 1. The van der Waals surface area contributed by atoms with Crippen LogP contribution in [0.5, 0.6) is 0 Å². The summed E-state index contributed by atoms with van der Waals surface area (Å²) in [7, 11) is 0. The van der Waals surface area contributed by atoms with Crippen molar-refractivity contribution in [3.05, 3.63) is 66.2 Å². The Kier molecular flexibility index (Phi) is 4.59. The summed E-state index contributed by atoms with van der Waals surface area (Å²) < 4.78 is 5.41. The van der Waals surface area contributed by atoms with E-state index >= 15 is 0 Å². The van der Waals surface area contributed by atoms with Gasteiger partial charge in [-0.2, -0.15) is 0 Å². The highest BCUT2D eigenvalue weighted by molar-refractivity contribution is 6.07. The van der Waals surface area contributed by atoms with Crippen LogP contribution in [0, 0.1) is 6.92 Å². The van der Waals surface area contributed by atoms with Gasteiger partial charge in [0.05, 0.1) is 28.5 Å². The smallest absolute Gasteiger partial charge is 0.259 e. The van der Waals surface area contributed by atoms with Gasteiger partial charge in [-0.25, -0.2) is 9.97 Å². The molecule has 0 spiro atoms. The quantitative estimate of drug-likeness (QED) is 0.522. The first-order valence-corrected chi connectivity index (χ1v) is 9.83. The average Bonchev–Trinajstić information content (AvgIpc) is 3.20. The van der Waals surface area contributed by atoms with Crippen molar-refractivity contribution >= 4 is 22.8 Å². The Bertz CT molecular complexity index is 1180. The Morgan fingerprint density at radius 2 is 1.87 bits per heavy atom. The first kappa shape index (κ1) is 18.2. The van der Waals surface area contributed by atoms with E-state index in [1.165, 1.54) is 0 Å². The number of anilines is 1. The van der Waals surface area contributed by atoms with Crippen molar-refractivity contribution in [1.29, 1.82) is 0 Å². The normalized spacial score (nSPS) is 14.3.